The zero-order valence-corrected chi connectivity index (χ0v) is 9.18. The van der Waals surface area contributed by atoms with Crippen molar-refractivity contribution in [2.24, 2.45) is 0 Å². The van der Waals surface area contributed by atoms with Crippen LogP contribution in [-0.2, 0) is 0 Å². The minimum absolute atomic E-state index is 0.388. The fourth-order valence-corrected chi connectivity index (χ4v) is 2.13. The molecule has 3 rings (SSSR count). The fourth-order valence-electron chi connectivity index (χ4n) is 2.13. The van der Waals surface area contributed by atoms with Crippen molar-refractivity contribution in [2.75, 3.05) is 0 Å². The molecular weight excluding hydrogens is 229 g/mol. The van der Waals surface area contributed by atoms with Gasteiger partial charge in [-0.05, 0) is 36.5 Å². The van der Waals surface area contributed by atoms with E-state index in [0.29, 0.717) is 28.2 Å². The summed E-state index contributed by atoms with van der Waals surface area (Å²) in [6.07, 6.45) is 9.33. The van der Waals surface area contributed by atoms with E-state index >= 15 is 0 Å². The molecule has 0 aromatic carbocycles. The van der Waals surface area contributed by atoms with Gasteiger partial charge in [0.1, 0.15) is 5.83 Å². The highest BCUT2D eigenvalue weighted by molar-refractivity contribution is 5.60. The lowest BCUT2D eigenvalue weighted by molar-refractivity contribution is 0.536. The third-order valence-electron chi connectivity index (χ3n) is 2.82. The highest BCUT2D eigenvalue weighted by Crippen LogP contribution is 2.37. The summed E-state index contributed by atoms with van der Waals surface area (Å²) in [6, 6.07) is 4.06. The normalized spacial score (nSPS) is 20.1. The first-order valence-corrected chi connectivity index (χ1v) is 5.27. The maximum absolute atomic E-state index is 13.5. The summed E-state index contributed by atoms with van der Waals surface area (Å²) >= 11 is 0. The number of halogens is 1. The molecule has 0 atom stereocenters. The summed E-state index contributed by atoms with van der Waals surface area (Å²) in [7, 11) is 0. The molecule has 0 radical (unpaired) electrons. The monoisotopic (exact) mass is 235 g/mol. The molecule has 0 saturated carbocycles. The van der Waals surface area contributed by atoms with Crippen LogP contribution in [0.1, 0.15) is 0 Å². The Morgan fingerprint density at radius 3 is 1.83 bits per heavy atom. The molecule has 3 heterocycles. The Kier molecular flexibility index (Phi) is 2.05. The van der Waals surface area contributed by atoms with E-state index in [1.807, 2.05) is 17.0 Å². The highest BCUT2D eigenvalue weighted by Gasteiger charge is 2.26. The zero-order valence-electron chi connectivity index (χ0n) is 9.18. The predicted octanol–water partition coefficient (Wildman–Crippen LogP) is 2.73. The van der Waals surface area contributed by atoms with Gasteiger partial charge >= 0.3 is 0 Å². The Bertz CT molecular complexity index is 701. The lowest BCUT2D eigenvalue weighted by atomic mass is 9.98. The van der Waals surface area contributed by atoms with Gasteiger partial charge in [0.15, 0.2) is 0 Å². The Morgan fingerprint density at radius 2 is 1.28 bits per heavy atom. The van der Waals surface area contributed by atoms with Crippen LogP contribution in [0.2, 0.25) is 0 Å². The molecule has 0 saturated heterocycles. The Morgan fingerprint density at radius 1 is 0.778 bits per heavy atom. The maximum atomic E-state index is 13.5. The largest absolute Gasteiger partial charge is 0.310 e. The molecule has 0 aliphatic carbocycles. The van der Waals surface area contributed by atoms with Gasteiger partial charge in [0, 0.05) is 5.70 Å². The van der Waals surface area contributed by atoms with Crippen LogP contribution in [0.4, 0.5) is 4.39 Å². The topological polar surface area (TPSA) is 50.8 Å². The molecule has 0 amide bonds. The van der Waals surface area contributed by atoms with Crippen LogP contribution in [0.3, 0.4) is 0 Å². The Labute approximate surface area is 103 Å². The van der Waals surface area contributed by atoms with Gasteiger partial charge in [-0.15, -0.1) is 0 Å². The zero-order chi connectivity index (χ0) is 12.7. The Balaban J connectivity index is 2.25. The van der Waals surface area contributed by atoms with E-state index in [-0.39, 0.29) is 5.83 Å². The molecule has 3 nitrogen and oxygen atoms in total. The predicted molar refractivity (Wildman–Crippen MR) is 62.7 cm³/mol. The molecule has 3 aliphatic heterocycles. The Hall–Kier alpha value is -2.85. The van der Waals surface area contributed by atoms with Gasteiger partial charge in [-0.3, -0.25) is 0 Å². The molecule has 84 valence electrons. The molecule has 4 heteroatoms. The van der Waals surface area contributed by atoms with Crippen molar-refractivity contribution in [3.05, 3.63) is 70.5 Å². The van der Waals surface area contributed by atoms with Gasteiger partial charge in [0.2, 0.25) is 0 Å². The molecule has 0 spiro atoms. The SMILES string of the molecule is N#CC1=CC2=CC(F)=CC3=CC(C#N)=CC(=C1)N23. The van der Waals surface area contributed by atoms with E-state index in [2.05, 4.69) is 0 Å². The summed E-state index contributed by atoms with van der Waals surface area (Å²) in [5.41, 5.74) is 2.79. The van der Waals surface area contributed by atoms with E-state index in [4.69, 9.17) is 10.5 Å². The highest BCUT2D eigenvalue weighted by atomic mass is 19.1. The number of hydrogen-bond donors (Lipinski definition) is 0. The smallest absolute Gasteiger partial charge is 0.127 e. The molecule has 0 aromatic heterocycles. The summed E-state index contributed by atoms with van der Waals surface area (Å²) < 4.78 is 13.5. The minimum Gasteiger partial charge on any atom is -0.310 e. The van der Waals surface area contributed by atoms with Crippen LogP contribution in [0, 0.1) is 22.7 Å². The molecule has 3 aliphatic rings. The number of hydrogen-bond acceptors (Lipinski definition) is 3. The fraction of sp³-hybridized carbons (Fsp3) is 0. The summed E-state index contributed by atoms with van der Waals surface area (Å²) in [5.74, 6) is -0.388. The molecule has 0 N–H and O–H groups in total. The van der Waals surface area contributed by atoms with Crippen LogP contribution >= 0.6 is 0 Å². The van der Waals surface area contributed by atoms with Gasteiger partial charge in [-0.25, -0.2) is 4.39 Å². The van der Waals surface area contributed by atoms with E-state index in [0.717, 1.165) is 0 Å². The second-order valence-electron chi connectivity index (χ2n) is 4.00. The van der Waals surface area contributed by atoms with Gasteiger partial charge in [-0.2, -0.15) is 10.5 Å². The van der Waals surface area contributed by atoms with Crippen molar-refractivity contribution in [3.63, 3.8) is 0 Å². The maximum Gasteiger partial charge on any atom is 0.127 e. The van der Waals surface area contributed by atoms with E-state index in [1.165, 1.54) is 12.2 Å². The second-order valence-corrected chi connectivity index (χ2v) is 4.00. The molecular formula is C14H6FN3. The lowest BCUT2D eigenvalue weighted by Crippen LogP contribution is -2.26. The molecule has 0 fully saturated rings. The number of rotatable bonds is 0. The van der Waals surface area contributed by atoms with Crippen LogP contribution < -0.4 is 0 Å². The van der Waals surface area contributed by atoms with E-state index in [1.54, 1.807) is 24.3 Å². The average molecular weight is 235 g/mol. The molecule has 0 aromatic rings. The first-order chi connectivity index (χ1) is 8.71. The van der Waals surface area contributed by atoms with E-state index < -0.39 is 0 Å². The second kappa shape index (κ2) is 3.58. The third-order valence-corrected chi connectivity index (χ3v) is 2.82. The first kappa shape index (κ1) is 10.3. The van der Waals surface area contributed by atoms with Crippen LogP contribution in [0.25, 0.3) is 0 Å². The first-order valence-electron chi connectivity index (χ1n) is 5.27. The summed E-state index contributed by atoms with van der Waals surface area (Å²) in [4.78, 5) is 1.81. The van der Waals surface area contributed by atoms with Crippen molar-refractivity contribution in [1.29, 1.82) is 10.5 Å². The van der Waals surface area contributed by atoms with Crippen LogP contribution in [0.15, 0.2) is 70.5 Å². The van der Waals surface area contributed by atoms with Crippen LogP contribution in [0.5, 0.6) is 0 Å². The minimum atomic E-state index is -0.388. The van der Waals surface area contributed by atoms with E-state index in [9.17, 15) is 4.39 Å². The summed E-state index contributed by atoms with van der Waals surface area (Å²) in [6.45, 7) is 0. The van der Waals surface area contributed by atoms with Gasteiger partial charge in [-0.1, -0.05) is 0 Å². The van der Waals surface area contributed by atoms with Gasteiger partial charge in [0.05, 0.1) is 34.7 Å². The van der Waals surface area contributed by atoms with Crippen molar-refractivity contribution in [3.8, 4) is 12.1 Å². The molecule has 0 bridgehead atoms. The molecule has 0 unspecified atom stereocenters. The summed E-state index contributed by atoms with van der Waals surface area (Å²) in [5, 5.41) is 17.9. The third kappa shape index (κ3) is 1.41. The van der Waals surface area contributed by atoms with Crippen molar-refractivity contribution in [2.45, 2.75) is 0 Å². The number of nitrogens with zero attached hydrogens (tertiary/aromatic N) is 3. The lowest BCUT2D eigenvalue weighted by Gasteiger charge is -2.34. The quantitative estimate of drug-likeness (QED) is 0.648. The van der Waals surface area contributed by atoms with Gasteiger partial charge in [0.25, 0.3) is 0 Å². The van der Waals surface area contributed by atoms with Crippen molar-refractivity contribution < 1.29 is 4.39 Å². The van der Waals surface area contributed by atoms with Crippen LogP contribution in [-0.4, -0.2) is 4.90 Å². The van der Waals surface area contributed by atoms with Crippen molar-refractivity contribution >= 4 is 0 Å². The van der Waals surface area contributed by atoms with Crippen molar-refractivity contribution in [1.82, 2.24) is 4.90 Å². The number of allylic oxidation sites excluding steroid dienone is 9. The average Bonchev–Trinajstić information content (AvgIpc) is 2.37. The van der Waals surface area contributed by atoms with Gasteiger partial charge < -0.3 is 4.90 Å². The standard InChI is InChI=1S/C14H6FN3/c15-11-5-13-3-9(7-16)1-12-2-10(8-17)4-14(6-11)18(12)13/h1-6H. The molecule has 18 heavy (non-hydrogen) atoms. The number of nitriles is 2.